The minimum absolute atomic E-state index is 0.0851. The van der Waals surface area contributed by atoms with Crippen molar-refractivity contribution in [2.45, 2.75) is 39.7 Å². The van der Waals surface area contributed by atoms with Crippen LogP contribution in [0.2, 0.25) is 0 Å². The van der Waals surface area contributed by atoms with Crippen molar-refractivity contribution in [2.75, 3.05) is 13.6 Å². The molecule has 0 rings (SSSR count). The molecular formula is C10H22N2O. The van der Waals surface area contributed by atoms with Crippen molar-refractivity contribution in [3.05, 3.63) is 0 Å². The number of likely N-dealkylation sites (N-methyl/N-ethyl adjacent to an activating group) is 1. The molecule has 78 valence electrons. The topological polar surface area (TPSA) is 41.1 Å². The summed E-state index contributed by atoms with van der Waals surface area (Å²) in [5, 5.41) is 5.82. The largest absolute Gasteiger partial charge is 0.352 e. The van der Waals surface area contributed by atoms with Crippen molar-refractivity contribution in [1.82, 2.24) is 10.6 Å². The number of hydrogen-bond donors (Lipinski definition) is 2. The molecule has 3 heteroatoms. The Labute approximate surface area is 81.3 Å². The fourth-order valence-electron chi connectivity index (χ4n) is 1.58. The molecule has 0 radical (unpaired) electrons. The van der Waals surface area contributed by atoms with Crippen LogP contribution >= 0.6 is 0 Å². The minimum Gasteiger partial charge on any atom is -0.352 e. The maximum atomic E-state index is 11.2. The average Bonchev–Trinajstić information content (AvgIpc) is 2.06. The van der Waals surface area contributed by atoms with Crippen LogP contribution in [0.15, 0.2) is 0 Å². The fraction of sp³-hybridized carbons (Fsp3) is 0.900. The van der Waals surface area contributed by atoms with Crippen LogP contribution in [0.25, 0.3) is 0 Å². The summed E-state index contributed by atoms with van der Waals surface area (Å²) < 4.78 is 0. The fourth-order valence-corrected chi connectivity index (χ4v) is 1.58. The van der Waals surface area contributed by atoms with E-state index in [9.17, 15) is 4.79 Å². The highest BCUT2D eigenvalue weighted by Crippen LogP contribution is 2.12. The van der Waals surface area contributed by atoms with Gasteiger partial charge in [0, 0.05) is 6.04 Å². The summed E-state index contributed by atoms with van der Waals surface area (Å²) in [7, 11) is 1.78. The minimum atomic E-state index is 0.0851. The SMILES string of the molecule is CCC(CC)C(C)NC(=O)CNC. The van der Waals surface area contributed by atoms with Crippen LogP contribution < -0.4 is 10.6 Å². The first kappa shape index (κ1) is 12.4. The molecule has 0 aromatic heterocycles. The van der Waals surface area contributed by atoms with Gasteiger partial charge in [-0.25, -0.2) is 0 Å². The summed E-state index contributed by atoms with van der Waals surface area (Å²) in [4.78, 5) is 11.2. The number of amides is 1. The quantitative estimate of drug-likeness (QED) is 0.653. The van der Waals surface area contributed by atoms with Crippen molar-refractivity contribution in [3.63, 3.8) is 0 Å². The monoisotopic (exact) mass is 186 g/mol. The Morgan fingerprint density at radius 3 is 2.23 bits per heavy atom. The van der Waals surface area contributed by atoms with E-state index in [0.717, 1.165) is 12.8 Å². The number of carbonyl (C=O) groups is 1. The van der Waals surface area contributed by atoms with Gasteiger partial charge in [-0.1, -0.05) is 26.7 Å². The van der Waals surface area contributed by atoms with Crippen LogP contribution in [0.1, 0.15) is 33.6 Å². The Balaban J connectivity index is 3.82. The van der Waals surface area contributed by atoms with Gasteiger partial charge in [-0.05, 0) is 19.9 Å². The molecule has 0 fully saturated rings. The van der Waals surface area contributed by atoms with Crippen molar-refractivity contribution >= 4 is 5.91 Å². The van der Waals surface area contributed by atoms with E-state index in [-0.39, 0.29) is 11.9 Å². The highest BCUT2D eigenvalue weighted by Gasteiger charge is 2.14. The summed E-state index contributed by atoms with van der Waals surface area (Å²) in [6.07, 6.45) is 2.25. The van der Waals surface area contributed by atoms with Crippen molar-refractivity contribution < 1.29 is 4.79 Å². The number of rotatable bonds is 6. The Morgan fingerprint density at radius 2 is 1.85 bits per heavy atom. The van der Waals surface area contributed by atoms with Crippen molar-refractivity contribution in [2.24, 2.45) is 5.92 Å². The first-order chi connectivity index (χ1) is 6.15. The van der Waals surface area contributed by atoms with E-state index in [0.29, 0.717) is 12.5 Å². The molecule has 1 unspecified atom stereocenters. The maximum absolute atomic E-state index is 11.2. The standard InChI is InChI=1S/C10H22N2O/c1-5-9(6-2)8(3)12-10(13)7-11-4/h8-9,11H,5-7H2,1-4H3,(H,12,13). The number of carbonyl (C=O) groups excluding carboxylic acids is 1. The van der Waals surface area contributed by atoms with Crippen LogP contribution in [0.4, 0.5) is 0 Å². The molecule has 0 spiro atoms. The third-order valence-electron chi connectivity index (χ3n) is 2.48. The van der Waals surface area contributed by atoms with E-state index >= 15 is 0 Å². The molecule has 0 saturated heterocycles. The second-order valence-corrected chi connectivity index (χ2v) is 3.46. The lowest BCUT2D eigenvalue weighted by molar-refractivity contribution is -0.121. The lowest BCUT2D eigenvalue weighted by atomic mass is 9.95. The summed E-state index contributed by atoms with van der Waals surface area (Å²) in [5.41, 5.74) is 0. The molecular weight excluding hydrogens is 164 g/mol. The molecule has 0 aliphatic heterocycles. The van der Waals surface area contributed by atoms with Gasteiger partial charge < -0.3 is 10.6 Å². The van der Waals surface area contributed by atoms with E-state index in [2.05, 4.69) is 31.4 Å². The van der Waals surface area contributed by atoms with Gasteiger partial charge in [0.1, 0.15) is 0 Å². The van der Waals surface area contributed by atoms with Crippen LogP contribution in [0.3, 0.4) is 0 Å². The lowest BCUT2D eigenvalue weighted by Gasteiger charge is -2.22. The predicted molar refractivity (Wildman–Crippen MR) is 55.6 cm³/mol. The zero-order valence-corrected chi connectivity index (χ0v) is 9.18. The summed E-state index contributed by atoms with van der Waals surface area (Å²) in [6, 6.07) is 0.288. The van der Waals surface area contributed by atoms with E-state index in [4.69, 9.17) is 0 Å². The first-order valence-corrected chi connectivity index (χ1v) is 5.09. The zero-order valence-electron chi connectivity index (χ0n) is 9.18. The van der Waals surface area contributed by atoms with E-state index in [1.165, 1.54) is 0 Å². The first-order valence-electron chi connectivity index (χ1n) is 5.09. The molecule has 0 saturated carbocycles. The highest BCUT2D eigenvalue weighted by molar-refractivity contribution is 5.78. The maximum Gasteiger partial charge on any atom is 0.234 e. The molecule has 3 nitrogen and oxygen atoms in total. The Bertz CT molecular complexity index is 144. The second-order valence-electron chi connectivity index (χ2n) is 3.46. The highest BCUT2D eigenvalue weighted by atomic mass is 16.1. The summed E-state index contributed by atoms with van der Waals surface area (Å²) in [6.45, 7) is 6.81. The summed E-state index contributed by atoms with van der Waals surface area (Å²) in [5.74, 6) is 0.683. The van der Waals surface area contributed by atoms with Crippen LogP contribution in [-0.4, -0.2) is 25.5 Å². The third kappa shape index (κ3) is 4.88. The summed E-state index contributed by atoms with van der Waals surface area (Å²) >= 11 is 0. The van der Waals surface area contributed by atoms with Crippen molar-refractivity contribution in [3.8, 4) is 0 Å². The third-order valence-corrected chi connectivity index (χ3v) is 2.48. The van der Waals surface area contributed by atoms with E-state index in [1.807, 2.05) is 0 Å². The molecule has 1 amide bonds. The van der Waals surface area contributed by atoms with Gasteiger partial charge in [0.05, 0.1) is 6.54 Å². The van der Waals surface area contributed by atoms with Gasteiger partial charge in [-0.15, -0.1) is 0 Å². The molecule has 0 bridgehead atoms. The average molecular weight is 186 g/mol. The molecule has 1 atom stereocenters. The van der Waals surface area contributed by atoms with Gasteiger partial charge >= 0.3 is 0 Å². The van der Waals surface area contributed by atoms with E-state index in [1.54, 1.807) is 7.05 Å². The number of nitrogens with one attached hydrogen (secondary N) is 2. The smallest absolute Gasteiger partial charge is 0.234 e. The molecule has 0 heterocycles. The van der Waals surface area contributed by atoms with E-state index < -0.39 is 0 Å². The molecule has 0 aromatic rings. The Morgan fingerprint density at radius 1 is 1.31 bits per heavy atom. The van der Waals surface area contributed by atoms with Gasteiger partial charge in [-0.2, -0.15) is 0 Å². The molecule has 0 aromatic carbocycles. The van der Waals surface area contributed by atoms with Gasteiger partial charge in [0.15, 0.2) is 0 Å². The van der Waals surface area contributed by atoms with Gasteiger partial charge in [0.2, 0.25) is 5.91 Å². The van der Waals surface area contributed by atoms with Crippen molar-refractivity contribution in [1.29, 1.82) is 0 Å². The van der Waals surface area contributed by atoms with Crippen LogP contribution in [0.5, 0.6) is 0 Å². The molecule has 0 aliphatic carbocycles. The van der Waals surface area contributed by atoms with Crippen LogP contribution in [-0.2, 0) is 4.79 Å². The van der Waals surface area contributed by atoms with Crippen LogP contribution in [0, 0.1) is 5.92 Å². The predicted octanol–water partition coefficient (Wildman–Crippen LogP) is 1.15. The van der Waals surface area contributed by atoms with Gasteiger partial charge in [-0.3, -0.25) is 4.79 Å². The molecule has 2 N–H and O–H groups in total. The normalized spacial score (nSPS) is 13.0. The number of hydrogen-bond acceptors (Lipinski definition) is 2. The Kier molecular flexibility index (Phi) is 6.59. The molecule has 0 aliphatic rings. The van der Waals surface area contributed by atoms with Gasteiger partial charge in [0.25, 0.3) is 0 Å². The zero-order chi connectivity index (χ0) is 10.3. The lowest BCUT2D eigenvalue weighted by Crippen LogP contribution is -2.41. The molecule has 13 heavy (non-hydrogen) atoms. The second kappa shape index (κ2) is 6.89. The Hall–Kier alpha value is -0.570.